The van der Waals surface area contributed by atoms with E-state index in [-0.39, 0.29) is 23.9 Å². The van der Waals surface area contributed by atoms with Crippen molar-refractivity contribution < 1.29 is 9.59 Å². The Labute approximate surface area is 222 Å². The Morgan fingerprint density at radius 2 is 1.89 bits per heavy atom. The maximum Gasteiger partial charge on any atom is 0.251 e. The third kappa shape index (κ3) is 6.77. The van der Waals surface area contributed by atoms with Crippen LogP contribution in [0.2, 0.25) is 10.0 Å². The highest BCUT2D eigenvalue weighted by Crippen LogP contribution is 2.24. The molecule has 3 N–H and O–H groups in total. The van der Waals surface area contributed by atoms with Gasteiger partial charge in [0, 0.05) is 41.3 Å². The number of hydrogen-bond donors (Lipinski definition) is 3. The van der Waals surface area contributed by atoms with Gasteiger partial charge in [-0.2, -0.15) is 0 Å². The van der Waals surface area contributed by atoms with Gasteiger partial charge >= 0.3 is 0 Å². The van der Waals surface area contributed by atoms with Crippen molar-refractivity contribution in [2.24, 2.45) is 0 Å². The highest BCUT2D eigenvalue weighted by molar-refractivity contribution is 6.35. The summed E-state index contributed by atoms with van der Waals surface area (Å²) < 4.78 is 0. The molecule has 6 nitrogen and oxygen atoms in total. The number of nitrogens with zero attached hydrogens (tertiary/aromatic N) is 1. The fourth-order valence-electron chi connectivity index (χ4n) is 4.59. The zero-order valence-electron chi connectivity index (χ0n) is 20.4. The Kier molecular flexibility index (Phi) is 9.21. The molecule has 0 aromatic heterocycles. The minimum Gasteiger partial charge on any atom is -0.350 e. The third-order valence-corrected chi connectivity index (χ3v) is 7.20. The van der Waals surface area contributed by atoms with Gasteiger partial charge in [-0.1, -0.05) is 59.6 Å². The van der Waals surface area contributed by atoms with Gasteiger partial charge in [0.15, 0.2) is 0 Å². The number of fused-ring (bicyclic) bond motifs is 1. The number of nitrogens with one attached hydrogen (secondary N) is 3. The number of hydrogen-bond acceptors (Lipinski definition) is 4. The maximum absolute atomic E-state index is 13.4. The van der Waals surface area contributed by atoms with Crippen LogP contribution in [-0.2, 0) is 11.3 Å². The number of halogens is 2. The number of amides is 2. The van der Waals surface area contributed by atoms with Crippen LogP contribution in [0, 0.1) is 0 Å². The summed E-state index contributed by atoms with van der Waals surface area (Å²) in [6, 6.07) is 18.7. The first kappa shape index (κ1) is 26.4. The third-order valence-electron chi connectivity index (χ3n) is 6.61. The molecule has 1 heterocycles. The number of carbonyl (C=O) groups is 2. The van der Waals surface area contributed by atoms with Crippen molar-refractivity contribution in [1.82, 2.24) is 20.9 Å². The first-order valence-corrected chi connectivity index (χ1v) is 13.1. The van der Waals surface area contributed by atoms with E-state index in [9.17, 15) is 9.59 Å². The molecule has 8 heteroatoms. The molecule has 0 bridgehead atoms. The predicted octanol–water partition coefficient (Wildman–Crippen LogP) is 4.64. The van der Waals surface area contributed by atoms with E-state index in [1.54, 1.807) is 12.1 Å². The molecule has 36 heavy (non-hydrogen) atoms. The van der Waals surface area contributed by atoms with E-state index >= 15 is 0 Å². The molecule has 0 aliphatic carbocycles. The summed E-state index contributed by atoms with van der Waals surface area (Å²) in [5.74, 6) is -0.0601. The van der Waals surface area contributed by atoms with E-state index in [1.807, 2.05) is 60.5 Å². The minimum atomic E-state index is -0.325. The summed E-state index contributed by atoms with van der Waals surface area (Å²) in [7, 11) is 1.91. The summed E-state index contributed by atoms with van der Waals surface area (Å²) in [5, 5.41) is 13.0. The van der Waals surface area contributed by atoms with Gasteiger partial charge in [0.2, 0.25) is 5.91 Å². The van der Waals surface area contributed by atoms with Gasteiger partial charge in [-0.25, -0.2) is 0 Å². The van der Waals surface area contributed by atoms with Gasteiger partial charge in [0.05, 0.1) is 6.04 Å². The quantitative estimate of drug-likeness (QED) is 0.355. The molecule has 1 saturated heterocycles. The second-order valence-electron chi connectivity index (χ2n) is 9.22. The first-order valence-electron chi connectivity index (χ1n) is 12.3. The molecule has 1 aliphatic heterocycles. The SMILES string of the molecule is CNCCCC1NC(CNC(=O)c2ccc3ccccc3c2)CCN(Cc2ccc(Cl)cc2Cl)C1=O. The summed E-state index contributed by atoms with van der Waals surface area (Å²) in [6.45, 7) is 2.27. The Morgan fingerprint density at radius 3 is 2.67 bits per heavy atom. The largest absolute Gasteiger partial charge is 0.350 e. The fraction of sp³-hybridized carbons (Fsp3) is 0.357. The monoisotopic (exact) mass is 526 g/mol. The summed E-state index contributed by atoms with van der Waals surface area (Å²) in [5.41, 5.74) is 1.49. The van der Waals surface area contributed by atoms with Crippen LogP contribution in [0.25, 0.3) is 10.8 Å². The van der Waals surface area contributed by atoms with E-state index in [0.29, 0.717) is 41.7 Å². The van der Waals surface area contributed by atoms with E-state index < -0.39 is 0 Å². The van der Waals surface area contributed by atoms with Gasteiger partial charge < -0.3 is 20.9 Å². The van der Waals surface area contributed by atoms with Crippen molar-refractivity contribution in [3.8, 4) is 0 Å². The van der Waals surface area contributed by atoms with Crippen LogP contribution in [0.4, 0.5) is 0 Å². The second kappa shape index (κ2) is 12.5. The molecule has 190 valence electrons. The number of benzene rings is 3. The molecule has 4 rings (SSSR count). The smallest absolute Gasteiger partial charge is 0.251 e. The highest BCUT2D eigenvalue weighted by atomic mass is 35.5. The minimum absolute atomic E-state index is 0.0244. The standard InChI is InChI=1S/C28H32Cl2N4O2/c1-31-13-4-7-26-28(36)34(18-22-10-11-23(29)16-25(22)30)14-12-24(33-26)17-32-27(35)21-9-8-19-5-2-3-6-20(19)15-21/h2-3,5-6,8-11,15-16,24,26,31,33H,4,7,12-14,17-18H2,1H3,(H,32,35). The Hall–Kier alpha value is -2.64. The van der Waals surface area contributed by atoms with Crippen LogP contribution < -0.4 is 16.0 Å². The summed E-state index contributed by atoms with van der Waals surface area (Å²) in [6.07, 6.45) is 2.29. The van der Waals surface area contributed by atoms with E-state index in [1.165, 1.54) is 0 Å². The molecule has 0 spiro atoms. The van der Waals surface area contributed by atoms with E-state index in [4.69, 9.17) is 23.2 Å². The highest BCUT2D eigenvalue weighted by Gasteiger charge is 2.31. The first-order chi connectivity index (χ1) is 17.4. The van der Waals surface area contributed by atoms with E-state index in [0.717, 1.165) is 35.7 Å². The topological polar surface area (TPSA) is 73.5 Å². The van der Waals surface area contributed by atoms with E-state index in [2.05, 4.69) is 16.0 Å². The average molecular weight is 527 g/mol. The van der Waals surface area contributed by atoms with Crippen molar-refractivity contribution in [2.75, 3.05) is 26.7 Å². The molecule has 0 saturated carbocycles. The Morgan fingerprint density at radius 1 is 1.08 bits per heavy atom. The zero-order valence-corrected chi connectivity index (χ0v) is 21.9. The molecule has 1 aliphatic rings. The molecule has 0 radical (unpaired) electrons. The van der Waals surface area contributed by atoms with Crippen LogP contribution in [0.5, 0.6) is 0 Å². The zero-order chi connectivity index (χ0) is 25.5. The maximum atomic E-state index is 13.4. The molecule has 2 amide bonds. The molecule has 2 atom stereocenters. The second-order valence-corrected chi connectivity index (χ2v) is 10.1. The fourth-order valence-corrected chi connectivity index (χ4v) is 5.06. The summed E-state index contributed by atoms with van der Waals surface area (Å²) >= 11 is 12.4. The Bertz CT molecular complexity index is 1220. The van der Waals surface area contributed by atoms with Gasteiger partial charge in [0.25, 0.3) is 5.91 Å². The summed E-state index contributed by atoms with van der Waals surface area (Å²) in [4.78, 5) is 28.2. The number of carbonyl (C=O) groups excluding carboxylic acids is 2. The van der Waals surface area contributed by atoms with Gasteiger partial charge in [0.1, 0.15) is 0 Å². The average Bonchev–Trinajstić information content (AvgIpc) is 3.02. The normalized spacial score (nSPS) is 18.3. The van der Waals surface area contributed by atoms with Gasteiger partial charge in [-0.3, -0.25) is 9.59 Å². The van der Waals surface area contributed by atoms with Crippen LogP contribution in [0.15, 0.2) is 60.7 Å². The Balaban J connectivity index is 1.43. The predicted molar refractivity (Wildman–Crippen MR) is 147 cm³/mol. The van der Waals surface area contributed by atoms with Crippen molar-refractivity contribution in [3.05, 3.63) is 81.8 Å². The van der Waals surface area contributed by atoms with Crippen LogP contribution in [-0.4, -0.2) is 55.5 Å². The van der Waals surface area contributed by atoms with Crippen molar-refractivity contribution in [3.63, 3.8) is 0 Å². The number of rotatable bonds is 9. The van der Waals surface area contributed by atoms with Crippen LogP contribution >= 0.6 is 23.2 Å². The molecule has 3 aromatic carbocycles. The molecule has 1 fully saturated rings. The van der Waals surface area contributed by atoms with Gasteiger partial charge in [-0.15, -0.1) is 0 Å². The lowest BCUT2D eigenvalue weighted by atomic mass is 10.1. The molecule has 2 unspecified atom stereocenters. The molecular formula is C28H32Cl2N4O2. The van der Waals surface area contributed by atoms with Gasteiger partial charge in [-0.05, 0) is 73.5 Å². The lowest BCUT2D eigenvalue weighted by molar-refractivity contribution is -0.133. The lowest BCUT2D eigenvalue weighted by Gasteiger charge is -2.25. The van der Waals surface area contributed by atoms with Crippen molar-refractivity contribution in [1.29, 1.82) is 0 Å². The molecular weight excluding hydrogens is 495 g/mol. The van der Waals surface area contributed by atoms with Crippen LogP contribution in [0.3, 0.4) is 0 Å². The lowest BCUT2D eigenvalue weighted by Crippen LogP contribution is -2.48. The van der Waals surface area contributed by atoms with Crippen molar-refractivity contribution >= 4 is 45.8 Å². The van der Waals surface area contributed by atoms with Crippen molar-refractivity contribution in [2.45, 2.75) is 37.9 Å². The molecule has 3 aromatic rings. The van der Waals surface area contributed by atoms with Crippen LogP contribution in [0.1, 0.15) is 35.2 Å².